The average Bonchev–Trinajstić information content (AvgIpc) is 3.22. The van der Waals surface area contributed by atoms with Gasteiger partial charge in [0.1, 0.15) is 9.15 Å². The Morgan fingerprint density at radius 2 is 0.807 bits per heavy atom. The summed E-state index contributed by atoms with van der Waals surface area (Å²) in [6.45, 7) is 40.8. The molecule has 0 radical (unpaired) electrons. The second-order valence-electron chi connectivity index (χ2n) is 15.5. The minimum Gasteiger partial charge on any atom is -0.468 e. The first-order valence-corrected chi connectivity index (χ1v) is 33.0. The highest BCUT2D eigenvalue weighted by Crippen LogP contribution is 2.25. The molecule has 88 heavy (non-hydrogen) atoms. The molecule has 0 N–H and O–H groups in total. The molecule has 4 atom stereocenters. The number of rotatable bonds is 19. The molecule has 0 bridgehead atoms. The van der Waals surface area contributed by atoms with Crippen LogP contribution >= 0.6 is 127 Å². The van der Waals surface area contributed by atoms with Crippen LogP contribution in [0.4, 0.5) is 13.2 Å². The molecular formula is C57H83Br8F3N2O18. The Morgan fingerprint density at radius 3 is 1.02 bits per heavy atom. The Labute approximate surface area is 585 Å². The number of halogens is 11. The van der Waals surface area contributed by atoms with Crippen LogP contribution in [0.5, 0.6) is 0 Å². The van der Waals surface area contributed by atoms with Gasteiger partial charge in [0, 0.05) is 51.9 Å². The van der Waals surface area contributed by atoms with Gasteiger partial charge in [0.15, 0.2) is 0 Å². The normalized spacial score (nSPS) is 11.2. The Bertz CT molecular complexity index is 2260. The number of esters is 9. The van der Waals surface area contributed by atoms with Gasteiger partial charge in [-0.2, -0.15) is 8.78 Å². The van der Waals surface area contributed by atoms with Gasteiger partial charge in [-0.15, -0.1) is 0 Å². The van der Waals surface area contributed by atoms with E-state index in [0.29, 0.717) is 24.9 Å². The van der Waals surface area contributed by atoms with Crippen molar-refractivity contribution in [3.8, 4) is 0 Å². The molecular weight excluding hydrogens is 1700 g/mol. The second-order valence-corrected chi connectivity index (χ2v) is 25.0. The largest absolute Gasteiger partial charge is 0.468 e. The summed E-state index contributed by atoms with van der Waals surface area (Å²) < 4.78 is 80.0. The van der Waals surface area contributed by atoms with Gasteiger partial charge in [-0.3, -0.25) is 24.0 Å². The van der Waals surface area contributed by atoms with Crippen molar-refractivity contribution in [3.63, 3.8) is 0 Å². The number of nitrogens with zero attached hydrogens (tertiary/aromatic N) is 2. The highest BCUT2D eigenvalue weighted by Gasteiger charge is 2.41. The molecule has 31 heteroatoms. The lowest BCUT2D eigenvalue weighted by atomic mass is 10.1. The van der Waals surface area contributed by atoms with E-state index in [2.05, 4.69) is 178 Å². The molecule has 0 heterocycles. The highest BCUT2D eigenvalue weighted by atomic mass is 79.9. The molecule has 0 spiro atoms. The van der Waals surface area contributed by atoms with Crippen LogP contribution in [0.1, 0.15) is 133 Å². The zero-order valence-electron chi connectivity index (χ0n) is 53.0. The predicted molar refractivity (Wildman–Crippen MR) is 360 cm³/mol. The van der Waals surface area contributed by atoms with Gasteiger partial charge >= 0.3 is 63.5 Å². The van der Waals surface area contributed by atoms with E-state index in [-0.39, 0.29) is 62.4 Å². The van der Waals surface area contributed by atoms with E-state index in [1.165, 1.54) is 26.5 Å². The molecule has 0 aliphatic heterocycles. The molecule has 0 amide bonds. The van der Waals surface area contributed by atoms with Crippen molar-refractivity contribution in [2.45, 2.75) is 155 Å². The summed E-state index contributed by atoms with van der Waals surface area (Å²) in [5.41, 5.74) is 2.25. The van der Waals surface area contributed by atoms with Crippen molar-refractivity contribution in [3.05, 3.63) is 94.6 Å². The van der Waals surface area contributed by atoms with Gasteiger partial charge in [-0.25, -0.2) is 41.5 Å². The first-order chi connectivity index (χ1) is 41.2. The topological polar surface area (TPSA) is 245 Å². The maximum absolute atomic E-state index is 11.7. The van der Waals surface area contributed by atoms with E-state index < -0.39 is 70.1 Å². The summed E-state index contributed by atoms with van der Waals surface area (Å²) in [6, 6.07) is 20.0. The summed E-state index contributed by atoms with van der Waals surface area (Å²) >= 11 is 22.8. The van der Waals surface area contributed by atoms with Crippen LogP contribution in [-0.2, 0) is 85.8 Å². The monoisotopic (exact) mass is 1770 g/mol. The quantitative estimate of drug-likeness (QED) is 0.0317. The van der Waals surface area contributed by atoms with Crippen molar-refractivity contribution < 1.29 is 100 Å². The van der Waals surface area contributed by atoms with Crippen molar-refractivity contribution in [1.29, 1.82) is 0 Å². The van der Waals surface area contributed by atoms with Crippen molar-refractivity contribution >= 4 is 181 Å². The molecule has 0 saturated heterocycles. The van der Waals surface area contributed by atoms with Gasteiger partial charge in [0.25, 0.3) is 5.08 Å². The molecule has 0 aliphatic rings. The van der Waals surface area contributed by atoms with Gasteiger partial charge < -0.3 is 47.5 Å². The van der Waals surface area contributed by atoms with Crippen LogP contribution in [0.3, 0.4) is 0 Å². The Morgan fingerprint density at radius 1 is 0.511 bits per heavy atom. The minimum atomic E-state index is -3.54. The molecule has 20 nitrogen and oxygen atoms in total. The molecule has 2 aromatic rings. The van der Waals surface area contributed by atoms with E-state index >= 15 is 0 Å². The third-order valence-electron chi connectivity index (χ3n) is 7.64. The summed E-state index contributed by atoms with van der Waals surface area (Å²) in [5.74, 6) is -5.93. The van der Waals surface area contributed by atoms with Crippen LogP contribution in [-0.4, -0.2) is 148 Å². The highest BCUT2D eigenvalue weighted by molar-refractivity contribution is 9.11. The number of benzene rings is 2. The lowest BCUT2D eigenvalue weighted by molar-refractivity contribution is -0.159. The van der Waals surface area contributed by atoms with Crippen molar-refractivity contribution in [1.82, 2.24) is 0 Å². The van der Waals surface area contributed by atoms with Crippen LogP contribution in [0.25, 0.3) is 9.69 Å². The van der Waals surface area contributed by atoms with E-state index in [1.807, 2.05) is 78.3 Å². The van der Waals surface area contributed by atoms with E-state index in [4.69, 9.17) is 19.3 Å². The number of carbonyl (C=O) groups is 9. The summed E-state index contributed by atoms with van der Waals surface area (Å²) in [6.07, 6.45) is 0. The number of carbonyl (C=O) groups excluding carboxylic acids is 9. The maximum atomic E-state index is 11.7. The van der Waals surface area contributed by atoms with E-state index in [0.717, 1.165) is 5.56 Å². The zero-order chi connectivity index (χ0) is 71.5. The van der Waals surface area contributed by atoms with Crippen molar-refractivity contribution in [2.75, 3.05) is 60.0 Å². The molecule has 2 aromatic carbocycles. The molecule has 0 fully saturated rings. The van der Waals surface area contributed by atoms with Gasteiger partial charge in [0.05, 0.1) is 60.0 Å². The lowest BCUT2D eigenvalue weighted by Crippen LogP contribution is -2.40. The fourth-order valence-corrected chi connectivity index (χ4v) is 5.54. The number of alkyl halides is 11. The molecule has 0 saturated carbocycles. The number of hydrogen-bond acceptors (Lipinski definition) is 18. The zero-order valence-corrected chi connectivity index (χ0v) is 64.7. The number of hydrogen-bond donors (Lipinski definition) is 0. The summed E-state index contributed by atoms with van der Waals surface area (Å²) in [4.78, 5) is 97.5. The summed E-state index contributed by atoms with van der Waals surface area (Å²) in [7, 11) is 1.37. The van der Waals surface area contributed by atoms with Gasteiger partial charge in [-0.1, -0.05) is 154 Å². The van der Waals surface area contributed by atoms with Crippen LogP contribution in [0, 0.1) is 13.1 Å². The van der Waals surface area contributed by atoms with Crippen LogP contribution in [0.2, 0.25) is 0 Å². The van der Waals surface area contributed by atoms with Crippen LogP contribution in [0.15, 0.2) is 60.7 Å². The van der Waals surface area contributed by atoms with Crippen LogP contribution < -0.4 is 0 Å². The first kappa shape index (κ1) is 97.9. The Hall–Kier alpha value is -3.72. The average molecular weight is 1780 g/mol. The Kier molecular flexibility index (Phi) is 70.5. The minimum absolute atomic E-state index is 0.0416. The second kappa shape index (κ2) is 63.4. The lowest BCUT2D eigenvalue weighted by Gasteiger charge is -2.17. The van der Waals surface area contributed by atoms with Gasteiger partial charge in [-0.05, 0) is 110 Å². The third kappa shape index (κ3) is 61.2. The molecule has 506 valence electrons. The molecule has 2 rings (SSSR count). The predicted octanol–water partition coefficient (Wildman–Crippen LogP) is 15.6. The fraction of sp³-hybridized carbons (Fsp3) is 0.596. The number of methoxy groups -OCH3 is 1. The third-order valence-corrected chi connectivity index (χ3v) is 12.1. The summed E-state index contributed by atoms with van der Waals surface area (Å²) in [5, 5.41) is -1.68. The molecule has 4 unspecified atom stereocenters. The first-order valence-electron chi connectivity index (χ1n) is 26.8. The smallest absolute Gasteiger partial charge is 0.402 e. The molecule has 0 aromatic heterocycles. The van der Waals surface area contributed by atoms with Crippen molar-refractivity contribution in [2.24, 2.45) is 0 Å². The number of ether oxygens (including phenoxy) is 9. The SMILES string of the molecule is CC(Br)c1ccccc1.CCOC(=O)C(Br)C(=O)OCC.CCOC(=O)C(Br)c1ccccc1.CCOC(=O)C(C)(Br)C(=O)OCC.CCOC(=O)C(F)(F)Br.CCOC(=O)C(F)Br.COC(=O)C(C)(C)Br.[2H]CC.[C-]#[N+]C(Br)C(=O)OCC.[C-]#[N+]C(C)C. The van der Waals surface area contributed by atoms with E-state index in [9.17, 15) is 56.3 Å². The van der Waals surface area contributed by atoms with E-state index in [1.54, 1.807) is 69.2 Å². The standard InChI is InChI=1S/C10H11BrO2.C8H13BrO4.C8H9Br.C7H11BrO4.C5H6BrNO2.C5H9BrO2.C4H5BrF2O2.C4H6BrFO2.C4H7N.C2H6/c1-2-13-10(12)9(11)8-6-4-3-5-7-8;1-4-12-6(10)8(3,9)7(11)13-5-2;1-7(9)8-5-3-2-4-6-8;1-3-11-6(9)5(8)7(10)12-4-2;1-3-9-5(8)4(6)7-2;1-5(2,6)4(7)8-3;1-2-9-3(8)4(5,6)7;1-2-8-4(7)3(5)6;1-4(2)5-3;1-2/h3-7,9H,2H2,1H3;4-5H2,1-3H3;2-7H,1H3;5H,3-4H2,1-2H3;4H,3H2,1H3;1-3H3;2H2,1H3;3H,2H2,1H3;4H,1-2H3;1-2H3/i;;;;;;;;;1D. The molecule has 0 aliphatic carbocycles. The van der Waals surface area contributed by atoms with Gasteiger partial charge in [0.2, 0.25) is 15.2 Å². The Balaban J connectivity index is -0.000000139. The maximum Gasteiger partial charge on any atom is 0.402 e. The fourth-order valence-electron chi connectivity index (χ4n) is 3.76.